The molecule has 0 fully saturated rings. The molecule has 4 nitrogen and oxygen atoms in total. The zero-order chi connectivity index (χ0) is 17.6. The maximum absolute atomic E-state index is 4.74. The van der Waals surface area contributed by atoms with Gasteiger partial charge in [0.05, 0.1) is 17.2 Å². The Morgan fingerprint density at radius 2 is 1.88 bits per heavy atom. The Labute approximate surface area is 172 Å². The molecule has 138 valence electrons. The molecule has 1 aromatic carbocycles. The first kappa shape index (κ1) is 21.9. The van der Waals surface area contributed by atoms with E-state index in [1.54, 1.807) is 11.3 Å². The number of rotatable bonds is 5. The summed E-state index contributed by atoms with van der Waals surface area (Å²) in [4.78, 5) is 11.4. The van der Waals surface area contributed by atoms with Crippen molar-refractivity contribution >= 4 is 41.3 Å². The van der Waals surface area contributed by atoms with Gasteiger partial charge < -0.3 is 10.2 Å². The molecule has 0 aliphatic rings. The van der Waals surface area contributed by atoms with Gasteiger partial charge in [-0.15, -0.1) is 35.3 Å². The fourth-order valence-corrected chi connectivity index (χ4v) is 3.12. The van der Waals surface area contributed by atoms with Crippen LogP contribution in [0, 0.1) is 0 Å². The van der Waals surface area contributed by atoms with Gasteiger partial charge in [0, 0.05) is 37.9 Å². The summed E-state index contributed by atoms with van der Waals surface area (Å²) in [6.45, 7) is 8.13. The van der Waals surface area contributed by atoms with E-state index in [0.717, 1.165) is 24.6 Å². The van der Waals surface area contributed by atoms with E-state index >= 15 is 0 Å². The largest absolute Gasteiger partial charge is 0.356 e. The normalized spacial score (nSPS) is 11.8. The Kier molecular flexibility index (Phi) is 8.85. The molecule has 0 aliphatic carbocycles. The number of thiazole rings is 1. The van der Waals surface area contributed by atoms with Crippen molar-refractivity contribution in [1.82, 2.24) is 15.2 Å². The van der Waals surface area contributed by atoms with Crippen LogP contribution in [0.15, 0.2) is 40.7 Å². The van der Waals surface area contributed by atoms with Gasteiger partial charge in [0.1, 0.15) is 0 Å². The first-order valence-corrected chi connectivity index (χ1v) is 9.18. The van der Waals surface area contributed by atoms with Crippen molar-refractivity contribution in [2.24, 2.45) is 4.99 Å². The Morgan fingerprint density at radius 1 is 1.20 bits per heavy atom. The lowest BCUT2D eigenvalue weighted by molar-refractivity contribution is 0.574. The summed E-state index contributed by atoms with van der Waals surface area (Å²) < 4.78 is 0. The van der Waals surface area contributed by atoms with Crippen LogP contribution in [0.1, 0.15) is 37.0 Å². The molecular formula is C19H29IN4S. The number of aromatic nitrogens is 1. The highest BCUT2D eigenvalue weighted by atomic mass is 127. The summed E-state index contributed by atoms with van der Waals surface area (Å²) in [7, 11) is 4.02. The SMILES string of the molecule is CN(C)C(=NCc1ccccc1)NCCc1csc(C(C)(C)C)n1.I. The molecule has 0 spiro atoms. The van der Waals surface area contributed by atoms with Crippen LogP contribution in [0.5, 0.6) is 0 Å². The molecule has 0 radical (unpaired) electrons. The lowest BCUT2D eigenvalue weighted by Gasteiger charge is -2.17. The van der Waals surface area contributed by atoms with E-state index in [2.05, 4.69) is 48.6 Å². The molecule has 0 amide bonds. The molecule has 2 aromatic rings. The molecule has 1 heterocycles. The average Bonchev–Trinajstić information content (AvgIpc) is 3.00. The van der Waals surface area contributed by atoms with Crippen LogP contribution < -0.4 is 5.32 Å². The standard InChI is InChI=1S/C19H28N4S.HI/c1-19(2,3)17-22-16(14-24-17)11-12-20-18(23(4)5)21-13-15-9-7-6-8-10-15;/h6-10,14H,11-13H2,1-5H3,(H,20,21);1H. The molecule has 25 heavy (non-hydrogen) atoms. The second kappa shape index (κ2) is 10.1. The van der Waals surface area contributed by atoms with Crippen molar-refractivity contribution in [2.45, 2.75) is 39.2 Å². The summed E-state index contributed by atoms with van der Waals surface area (Å²) in [5.41, 5.74) is 2.49. The minimum Gasteiger partial charge on any atom is -0.356 e. The van der Waals surface area contributed by atoms with E-state index in [-0.39, 0.29) is 29.4 Å². The molecule has 6 heteroatoms. The summed E-state index contributed by atoms with van der Waals surface area (Å²) in [5, 5.41) is 6.79. The molecule has 0 aliphatic heterocycles. The Bertz CT molecular complexity index is 660. The molecule has 1 N–H and O–H groups in total. The first-order valence-electron chi connectivity index (χ1n) is 8.30. The van der Waals surface area contributed by atoms with Crippen molar-refractivity contribution in [3.63, 3.8) is 0 Å². The van der Waals surface area contributed by atoms with Gasteiger partial charge in [-0.1, -0.05) is 51.1 Å². The van der Waals surface area contributed by atoms with Gasteiger partial charge in [-0.2, -0.15) is 0 Å². The second-order valence-corrected chi connectivity index (χ2v) is 7.95. The third-order valence-corrected chi connectivity index (χ3v) is 4.85. The number of benzene rings is 1. The van der Waals surface area contributed by atoms with Crippen LogP contribution in [-0.2, 0) is 18.4 Å². The molecule has 1 aromatic heterocycles. The third-order valence-electron chi connectivity index (χ3n) is 3.54. The maximum atomic E-state index is 4.74. The van der Waals surface area contributed by atoms with Crippen molar-refractivity contribution < 1.29 is 0 Å². The zero-order valence-corrected chi connectivity index (χ0v) is 18.9. The number of hydrogen-bond donors (Lipinski definition) is 1. The Hall–Kier alpha value is -1.15. The number of nitrogens with zero attached hydrogens (tertiary/aromatic N) is 3. The Balaban J connectivity index is 0.00000312. The quantitative estimate of drug-likeness (QED) is 0.401. The molecular weight excluding hydrogens is 443 g/mol. The van der Waals surface area contributed by atoms with Crippen LogP contribution in [0.25, 0.3) is 0 Å². The van der Waals surface area contributed by atoms with Crippen molar-refractivity contribution in [3.05, 3.63) is 52.0 Å². The number of aliphatic imine (C=N–C) groups is 1. The highest BCUT2D eigenvalue weighted by Crippen LogP contribution is 2.25. The number of nitrogens with one attached hydrogen (secondary N) is 1. The predicted octanol–water partition coefficient (Wildman–Crippen LogP) is 4.31. The number of hydrogen-bond acceptors (Lipinski definition) is 3. The molecule has 0 saturated carbocycles. The molecule has 2 rings (SSSR count). The van der Waals surface area contributed by atoms with Gasteiger partial charge in [0.2, 0.25) is 0 Å². The van der Waals surface area contributed by atoms with Crippen LogP contribution in [0.2, 0.25) is 0 Å². The van der Waals surface area contributed by atoms with E-state index < -0.39 is 0 Å². The van der Waals surface area contributed by atoms with Crippen LogP contribution in [0.4, 0.5) is 0 Å². The maximum Gasteiger partial charge on any atom is 0.193 e. The van der Waals surface area contributed by atoms with Gasteiger partial charge in [0.25, 0.3) is 0 Å². The van der Waals surface area contributed by atoms with Crippen LogP contribution in [-0.4, -0.2) is 36.5 Å². The summed E-state index contributed by atoms with van der Waals surface area (Å²) in [6, 6.07) is 10.3. The van der Waals surface area contributed by atoms with Gasteiger partial charge in [0.15, 0.2) is 5.96 Å². The zero-order valence-electron chi connectivity index (χ0n) is 15.7. The molecule has 0 unspecified atom stereocenters. The Morgan fingerprint density at radius 3 is 2.44 bits per heavy atom. The summed E-state index contributed by atoms with van der Waals surface area (Å²) >= 11 is 1.75. The van der Waals surface area contributed by atoms with Gasteiger partial charge in [-0.3, -0.25) is 0 Å². The van der Waals surface area contributed by atoms with E-state index in [1.165, 1.54) is 10.6 Å². The lowest BCUT2D eigenvalue weighted by Crippen LogP contribution is -2.37. The van der Waals surface area contributed by atoms with Crippen LogP contribution in [0.3, 0.4) is 0 Å². The molecule has 0 saturated heterocycles. The topological polar surface area (TPSA) is 40.5 Å². The number of halogens is 1. The highest BCUT2D eigenvalue weighted by molar-refractivity contribution is 14.0. The van der Waals surface area contributed by atoms with Crippen molar-refractivity contribution in [2.75, 3.05) is 20.6 Å². The van der Waals surface area contributed by atoms with Crippen molar-refractivity contribution in [3.8, 4) is 0 Å². The number of guanidine groups is 1. The second-order valence-electron chi connectivity index (χ2n) is 7.09. The van der Waals surface area contributed by atoms with E-state index in [1.807, 2.05) is 37.2 Å². The van der Waals surface area contributed by atoms with E-state index in [0.29, 0.717) is 6.54 Å². The van der Waals surface area contributed by atoms with Crippen LogP contribution >= 0.6 is 35.3 Å². The minimum absolute atomic E-state index is 0. The highest BCUT2D eigenvalue weighted by Gasteiger charge is 2.17. The fourth-order valence-electron chi connectivity index (χ4n) is 2.17. The first-order chi connectivity index (χ1) is 11.4. The molecule has 0 atom stereocenters. The van der Waals surface area contributed by atoms with Gasteiger partial charge >= 0.3 is 0 Å². The summed E-state index contributed by atoms with van der Waals surface area (Å²) in [5.74, 6) is 0.908. The third kappa shape index (κ3) is 7.32. The van der Waals surface area contributed by atoms with Gasteiger partial charge in [-0.25, -0.2) is 9.98 Å². The van der Waals surface area contributed by atoms with E-state index in [4.69, 9.17) is 4.98 Å². The van der Waals surface area contributed by atoms with E-state index in [9.17, 15) is 0 Å². The monoisotopic (exact) mass is 472 g/mol. The molecule has 0 bridgehead atoms. The lowest BCUT2D eigenvalue weighted by atomic mass is 9.98. The van der Waals surface area contributed by atoms with Crippen molar-refractivity contribution in [1.29, 1.82) is 0 Å². The predicted molar refractivity (Wildman–Crippen MR) is 119 cm³/mol. The fraction of sp³-hybridized carbons (Fsp3) is 0.474. The smallest absolute Gasteiger partial charge is 0.193 e. The summed E-state index contributed by atoms with van der Waals surface area (Å²) in [6.07, 6.45) is 0.908. The van der Waals surface area contributed by atoms with Gasteiger partial charge in [-0.05, 0) is 5.56 Å². The minimum atomic E-state index is 0. The average molecular weight is 472 g/mol.